The Morgan fingerprint density at radius 2 is 1.49 bits per heavy atom. The van der Waals surface area contributed by atoms with Crippen LogP contribution >= 0.6 is 0 Å². The summed E-state index contributed by atoms with van der Waals surface area (Å²) in [7, 11) is -1.75. The van der Waals surface area contributed by atoms with E-state index < -0.39 is 27.2 Å². The SMILES string of the molecule is [2H]C([2H])([2H])c1c[c-]c(-c2cc(C([2H])(C)c3ccccc3)c([Si](C)(C)C)cn2)cc1.[2H]C([2H])(c1ccccc1)c1ccnc(-c2[c-]cc3oc4ccc(F)cc4c3c2)c1.[Ir]. The molecular formula is C47H41FIrN2OSi-2. The minimum atomic E-state index is -2.15. The summed E-state index contributed by atoms with van der Waals surface area (Å²) in [5.74, 6) is -1.25. The second kappa shape index (κ2) is 16.3. The summed E-state index contributed by atoms with van der Waals surface area (Å²) in [6.45, 7) is 6.54. The van der Waals surface area contributed by atoms with Gasteiger partial charge in [0.25, 0.3) is 0 Å². The zero-order valence-corrected chi connectivity index (χ0v) is 33.2. The number of furan rings is 1. The molecule has 0 bridgehead atoms. The molecule has 0 N–H and O–H groups in total. The van der Waals surface area contributed by atoms with E-state index >= 15 is 0 Å². The molecule has 0 aliphatic carbocycles. The number of aryl methyl sites for hydroxylation is 1. The molecule has 0 aliphatic heterocycles. The zero-order valence-electron chi connectivity index (χ0n) is 35.8. The van der Waals surface area contributed by atoms with Crippen molar-refractivity contribution in [1.82, 2.24) is 9.97 Å². The Kier molecular flexibility index (Phi) is 9.39. The van der Waals surface area contributed by atoms with Gasteiger partial charge in [-0.15, -0.1) is 59.2 Å². The fraction of sp³-hybridized carbons (Fsp3) is 0.149. The van der Waals surface area contributed by atoms with Gasteiger partial charge in [-0.1, -0.05) is 112 Å². The Bertz CT molecular complexity index is 2720. The maximum absolute atomic E-state index is 13.7. The number of hydrogen-bond donors (Lipinski definition) is 0. The number of aromatic nitrogens is 2. The van der Waals surface area contributed by atoms with E-state index in [1.54, 1.807) is 54.7 Å². The second-order valence-corrected chi connectivity index (χ2v) is 18.7. The molecular weight excluding hydrogens is 848 g/mol. The minimum absolute atomic E-state index is 0. The van der Waals surface area contributed by atoms with E-state index in [4.69, 9.17) is 11.3 Å². The summed E-state index contributed by atoms with van der Waals surface area (Å²) >= 11 is 0. The van der Waals surface area contributed by atoms with Crippen LogP contribution in [0.2, 0.25) is 19.6 Å². The van der Waals surface area contributed by atoms with E-state index in [-0.39, 0.29) is 31.5 Å². The van der Waals surface area contributed by atoms with Crippen molar-refractivity contribution in [1.29, 1.82) is 0 Å². The fourth-order valence-electron chi connectivity index (χ4n) is 6.12. The molecule has 6 heteroatoms. The largest absolute Gasteiger partial charge is 0.500 e. The topological polar surface area (TPSA) is 38.9 Å². The average molecular weight is 895 g/mol. The number of fused-ring (bicyclic) bond motifs is 3. The zero-order chi connectivity index (χ0) is 41.5. The smallest absolute Gasteiger partial charge is 0.124 e. The van der Waals surface area contributed by atoms with Crippen LogP contribution in [0.3, 0.4) is 0 Å². The van der Waals surface area contributed by atoms with Gasteiger partial charge in [0.15, 0.2) is 0 Å². The first-order valence-electron chi connectivity index (χ1n) is 20.1. The molecule has 0 fully saturated rings. The normalized spacial score (nSPS) is 14.6. The molecule has 0 saturated heterocycles. The van der Waals surface area contributed by atoms with Crippen LogP contribution in [-0.2, 0) is 26.5 Å². The van der Waals surface area contributed by atoms with E-state index in [0.717, 1.165) is 27.3 Å². The Morgan fingerprint density at radius 1 is 0.774 bits per heavy atom. The molecule has 0 amide bonds. The van der Waals surface area contributed by atoms with Crippen LogP contribution < -0.4 is 5.19 Å². The van der Waals surface area contributed by atoms with Gasteiger partial charge in [0, 0.05) is 52.0 Å². The van der Waals surface area contributed by atoms with Crippen molar-refractivity contribution in [3.63, 3.8) is 0 Å². The third-order valence-electron chi connectivity index (χ3n) is 8.87. The summed E-state index contributed by atoms with van der Waals surface area (Å²) in [5, 5.41) is 2.61. The van der Waals surface area contributed by atoms with Crippen molar-refractivity contribution in [2.75, 3.05) is 0 Å². The third-order valence-corrected chi connectivity index (χ3v) is 10.9. The quantitative estimate of drug-likeness (QED) is 0.118. The van der Waals surface area contributed by atoms with Gasteiger partial charge >= 0.3 is 0 Å². The first kappa shape index (κ1) is 30.5. The van der Waals surface area contributed by atoms with Gasteiger partial charge in [-0.3, -0.25) is 0 Å². The summed E-state index contributed by atoms with van der Waals surface area (Å²) in [4.78, 5) is 9.06. The average Bonchev–Trinajstić information content (AvgIpc) is 3.58. The number of pyridine rings is 2. The second-order valence-electron chi connectivity index (χ2n) is 13.6. The maximum atomic E-state index is 13.7. The molecule has 5 aromatic carbocycles. The number of rotatable bonds is 7. The van der Waals surface area contributed by atoms with Gasteiger partial charge in [0.2, 0.25) is 0 Å². The summed E-state index contributed by atoms with van der Waals surface area (Å²) in [5.41, 5.74) is 7.15. The number of halogens is 1. The van der Waals surface area contributed by atoms with Crippen LogP contribution in [0.4, 0.5) is 4.39 Å². The van der Waals surface area contributed by atoms with Crippen molar-refractivity contribution in [2.24, 2.45) is 0 Å². The third kappa shape index (κ3) is 8.80. The molecule has 3 heterocycles. The van der Waals surface area contributed by atoms with Crippen molar-refractivity contribution in [3.8, 4) is 22.5 Å². The molecule has 3 nitrogen and oxygen atoms in total. The van der Waals surface area contributed by atoms with E-state index in [0.29, 0.717) is 44.6 Å². The van der Waals surface area contributed by atoms with Crippen LogP contribution in [0.1, 0.15) is 48.9 Å². The first-order valence-corrected chi connectivity index (χ1v) is 20.6. The molecule has 53 heavy (non-hydrogen) atoms. The molecule has 0 spiro atoms. The minimum Gasteiger partial charge on any atom is -0.500 e. The fourth-order valence-corrected chi connectivity index (χ4v) is 7.64. The molecule has 8 aromatic rings. The number of nitrogens with zero attached hydrogens (tertiary/aromatic N) is 2. The van der Waals surface area contributed by atoms with Crippen LogP contribution in [-0.4, -0.2) is 18.0 Å². The summed E-state index contributed by atoms with van der Waals surface area (Å²) in [6.07, 6.45) is 1.84. The van der Waals surface area contributed by atoms with Crippen molar-refractivity contribution in [3.05, 3.63) is 186 Å². The van der Waals surface area contributed by atoms with Gasteiger partial charge in [0.05, 0.1) is 13.7 Å². The Hall–Kier alpha value is -5.00. The molecule has 1 radical (unpaired) electrons. The molecule has 267 valence electrons. The Balaban J connectivity index is 0.000000195. The summed E-state index contributed by atoms with van der Waals surface area (Å²) < 4.78 is 68.4. The van der Waals surface area contributed by atoms with Gasteiger partial charge in [-0.25, -0.2) is 4.39 Å². The molecule has 3 aromatic heterocycles. The molecule has 0 saturated carbocycles. The maximum Gasteiger partial charge on any atom is 0.124 e. The van der Waals surface area contributed by atoms with Crippen molar-refractivity contribution < 1.29 is 37.1 Å². The standard InChI is InChI=1S/C24H15FNO.C23H26NSi.Ir/c25-19-7-9-24-21(15-19)20-14-18(6-8-23(20)27-24)22-13-17(10-11-26-22)12-16-4-2-1-3-5-16;1-17-11-13-20(14-12-17)22-15-21(23(16-24-22)25(3,4)5)18(2)19-9-7-6-8-10-19;/h1-5,7-11,13-15H,12H2;6-13,15-16,18H,1-5H3;/q2*-1;/i12D2;1D3,18D;. The van der Waals surface area contributed by atoms with Gasteiger partial charge in [-0.2, -0.15) is 0 Å². The van der Waals surface area contributed by atoms with Gasteiger partial charge < -0.3 is 14.4 Å². The first-order chi connectivity index (χ1) is 27.4. The van der Waals surface area contributed by atoms with Crippen molar-refractivity contribution in [2.45, 2.75) is 45.7 Å². The number of benzene rings is 5. The molecule has 0 aliphatic rings. The Labute approximate surface area is 334 Å². The van der Waals surface area contributed by atoms with Crippen LogP contribution in [0.15, 0.2) is 144 Å². The van der Waals surface area contributed by atoms with Gasteiger partial charge in [0.1, 0.15) is 11.4 Å². The van der Waals surface area contributed by atoms with Crippen molar-refractivity contribution >= 4 is 35.2 Å². The summed E-state index contributed by atoms with van der Waals surface area (Å²) in [6, 6.07) is 43.3. The van der Waals surface area contributed by atoms with E-state index in [9.17, 15) is 5.76 Å². The van der Waals surface area contributed by atoms with E-state index in [2.05, 4.69) is 41.7 Å². The van der Waals surface area contributed by atoms with Crippen LogP contribution in [0.25, 0.3) is 44.5 Å². The van der Waals surface area contributed by atoms with E-state index in [1.807, 2.05) is 73.8 Å². The molecule has 1 unspecified atom stereocenters. The predicted octanol–water partition coefficient (Wildman–Crippen LogP) is 11.7. The van der Waals surface area contributed by atoms with Crippen LogP contribution in [0.5, 0.6) is 0 Å². The predicted molar refractivity (Wildman–Crippen MR) is 215 cm³/mol. The number of hydrogen-bond acceptors (Lipinski definition) is 3. The molecule has 1 atom stereocenters. The van der Waals surface area contributed by atoms with Crippen LogP contribution in [0, 0.1) is 24.8 Å². The Morgan fingerprint density at radius 3 is 2.21 bits per heavy atom. The van der Waals surface area contributed by atoms with E-state index in [1.165, 1.54) is 18.2 Å². The molecule has 8 rings (SSSR count). The monoisotopic (exact) mass is 895 g/mol. The van der Waals surface area contributed by atoms with Gasteiger partial charge in [-0.05, 0) is 69.5 Å².